The van der Waals surface area contributed by atoms with Gasteiger partial charge in [-0.3, -0.25) is 4.79 Å². The number of furan rings is 1. The Kier molecular flexibility index (Phi) is 4.83. The van der Waals surface area contributed by atoms with Crippen LogP contribution in [0.2, 0.25) is 0 Å². The molecule has 5 heteroatoms. The molecule has 1 aliphatic rings. The molecule has 0 aliphatic carbocycles. The van der Waals surface area contributed by atoms with Gasteiger partial charge in [-0.25, -0.2) is 0 Å². The van der Waals surface area contributed by atoms with Gasteiger partial charge in [-0.2, -0.15) is 0 Å². The van der Waals surface area contributed by atoms with Crippen LogP contribution in [0.3, 0.4) is 0 Å². The van der Waals surface area contributed by atoms with Crippen molar-refractivity contribution in [1.82, 2.24) is 10.2 Å². The minimum Gasteiger partial charge on any atom is -0.444 e. The first-order chi connectivity index (χ1) is 8.69. The van der Waals surface area contributed by atoms with Crippen molar-refractivity contribution in [2.45, 2.75) is 32.2 Å². The fraction of sp³-hybridized carbons (Fsp3) is 0.615. The Bertz CT molecular complexity index is 397. The van der Waals surface area contributed by atoms with E-state index in [1.165, 1.54) is 6.42 Å². The van der Waals surface area contributed by atoms with Crippen LogP contribution in [0.15, 0.2) is 21.2 Å². The number of carbonyl (C=O) groups excluding carboxylic acids is 1. The predicted molar refractivity (Wildman–Crippen MR) is 73.6 cm³/mol. The first-order valence-corrected chi connectivity index (χ1v) is 7.27. The van der Waals surface area contributed by atoms with E-state index < -0.39 is 0 Å². The van der Waals surface area contributed by atoms with Gasteiger partial charge in [-0.15, -0.1) is 0 Å². The minimum absolute atomic E-state index is 0.116. The highest BCUT2D eigenvalue weighted by molar-refractivity contribution is 9.10. The summed E-state index contributed by atoms with van der Waals surface area (Å²) in [5.41, 5.74) is 0. The van der Waals surface area contributed by atoms with Crippen LogP contribution in [0.25, 0.3) is 0 Å². The topological polar surface area (TPSA) is 45.5 Å². The van der Waals surface area contributed by atoms with Crippen LogP contribution in [-0.2, 0) is 0 Å². The summed E-state index contributed by atoms with van der Waals surface area (Å²) in [6.07, 6.45) is 3.23. The van der Waals surface area contributed by atoms with Gasteiger partial charge in [-0.05, 0) is 53.9 Å². The van der Waals surface area contributed by atoms with Crippen molar-refractivity contribution < 1.29 is 9.21 Å². The monoisotopic (exact) mass is 314 g/mol. The second-order valence-electron chi connectivity index (χ2n) is 4.69. The third-order valence-corrected chi connectivity index (χ3v) is 3.69. The molecule has 1 aromatic rings. The third kappa shape index (κ3) is 3.59. The molecular formula is C13H19BrN2O2. The number of nitrogens with one attached hydrogen (secondary N) is 1. The number of rotatable bonds is 4. The van der Waals surface area contributed by atoms with Gasteiger partial charge in [0.05, 0.1) is 0 Å². The van der Waals surface area contributed by atoms with E-state index in [2.05, 4.69) is 33.1 Å². The van der Waals surface area contributed by atoms with E-state index >= 15 is 0 Å². The summed E-state index contributed by atoms with van der Waals surface area (Å²) in [5, 5.41) is 3.03. The van der Waals surface area contributed by atoms with Gasteiger partial charge in [0.15, 0.2) is 10.4 Å². The van der Waals surface area contributed by atoms with Gasteiger partial charge < -0.3 is 14.6 Å². The maximum Gasteiger partial charge on any atom is 0.287 e. The van der Waals surface area contributed by atoms with Crippen LogP contribution in [0.1, 0.15) is 36.7 Å². The van der Waals surface area contributed by atoms with Crippen LogP contribution in [0.5, 0.6) is 0 Å². The first kappa shape index (κ1) is 13.6. The lowest BCUT2D eigenvalue weighted by atomic mass is 10.0. The number of hydrogen-bond donors (Lipinski definition) is 1. The Morgan fingerprint density at radius 2 is 2.22 bits per heavy atom. The predicted octanol–water partition coefficient (Wildman–Crippen LogP) is 2.65. The van der Waals surface area contributed by atoms with Gasteiger partial charge in [0.25, 0.3) is 5.91 Å². The smallest absolute Gasteiger partial charge is 0.287 e. The summed E-state index contributed by atoms with van der Waals surface area (Å²) in [6.45, 7) is 5.50. The average Bonchev–Trinajstić information content (AvgIpc) is 2.79. The molecule has 0 atom stereocenters. The molecule has 0 unspecified atom stereocenters. The van der Waals surface area contributed by atoms with Crippen molar-refractivity contribution in [2.24, 2.45) is 0 Å². The Hall–Kier alpha value is -0.810. The standard InChI is InChI=1S/C13H19BrN2O2/c1-2-7-16-8-5-10(6-9-16)15-13(17)11-3-4-12(14)18-11/h3-4,10H,2,5-9H2,1H3,(H,15,17). The fourth-order valence-corrected chi connectivity index (χ4v) is 2.62. The Balaban J connectivity index is 1.79. The number of halogens is 1. The van der Waals surface area contributed by atoms with E-state index in [-0.39, 0.29) is 11.9 Å². The highest BCUT2D eigenvalue weighted by atomic mass is 79.9. The summed E-state index contributed by atoms with van der Waals surface area (Å²) >= 11 is 3.20. The van der Waals surface area contributed by atoms with E-state index in [1.54, 1.807) is 12.1 Å². The van der Waals surface area contributed by atoms with Crippen molar-refractivity contribution in [3.05, 3.63) is 22.6 Å². The molecule has 4 nitrogen and oxygen atoms in total. The number of likely N-dealkylation sites (tertiary alicyclic amines) is 1. The van der Waals surface area contributed by atoms with E-state index in [4.69, 9.17) is 4.42 Å². The molecule has 1 amide bonds. The lowest BCUT2D eigenvalue weighted by molar-refractivity contribution is 0.0882. The molecule has 2 heterocycles. The van der Waals surface area contributed by atoms with Gasteiger partial charge in [0.1, 0.15) is 0 Å². The second-order valence-corrected chi connectivity index (χ2v) is 5.47. The first-order valence-electron chi connectivity index (χ1n) is 6.47. The fourth-order valence-electron chi connectivity index (χ4n) is 2.31. The van der Waals surface area contributed by atoms with Crippen molar-refractivity contribution in [3.63, 3.8) is 0 Å². The lowest BCUT2D eigenvalue weighted by Gasteiger charge is -2.31. The molecular weight excluding hydrogens is 296 g/mol. The van der Waals surface area contributed by atoms with Crippen LogP contribution < -0.4 is 5.32 Å². The number of hydrogen-bond acceptors (Lipinski definition) is 3. The van der Waals surface area contributed by atoms with Gasteiger partial charge >= 0.3 is 0 Å². The van der Waals surface area contributed by atoms with Crippen LogP contribution in [-0.4, -0.2) is 36.5 Å². The van der Waals surface area contributed by atoms with Crippen LogP contribution in [0.4, 0.5) is 0 Å². The number of amides is 1. The highest BCUT2D eigenvalue weighted by Gasteiger charge is 2.21. The van der Waals surface area contributed by atoms with E-state index in [0.717, 1.165) is 32.5 Å². The molecule has 0 bridgehead atoms. The van der Waals surface area contributed by atoms with Gasteiger partial charge in [0, 0.05) is 19.1 Å². The summed E-state index contributed by atoms with van der Waals surface area (Å²) in [6, 6.07) is 3.69. The van der Waals surface area contributed by atoms with E-state index in [1.807, 2.05) is 0 Å². The molecule has 1 saturated heterocycles. The van der Waals surface area contributed by atoms with Gasteiger partial charge in [0.2, 0.25) is 0 Å². The van der Waals surface area contributed by atoms with Crippen molar-refractivity contribution in [2.75, 3.05) is 19.6 Å². The minimum atomic E-state index is -0.116. The molecule has 18 heavy (non-hydrogen) atoms. The maximum atomic E-state index is 11.9. The normalized spacial score (nSPS) is 17.9. The number of nitrogens with zero attached hydrogens (tertiary/aromatic N) is 1. The zero-order valence-corrected chi connectivity index (χ0v) is 12.2. The van der Waals surface area contributed by atoms with Gasteiger partial charge in [-0.1, -0.05) is 6.92 Å². The molecule has 1 aliphatic heterocycles. The SMILES string of the molecule is CCCN1CCC(NC(=O)c2ccc(Br)o2)CC1. The maximum absolute atomic E-state index is 11.9. The highest BCUT2D eigenvalue weighted by Crippen LogP contribution is 2.15. The molecule has 2 rings (SSSR count). The van der Waals surface area contributed by atoms with Crippen LogP contribution >= 0.6 is 15.9 Å². The molecule has 0 radical (unpaired) electrons. The summed E-state index contributed by atoms with van der Waals surface area (Å²) in [5.74, 6) is 0.257. The largest absolute Gasteiger partial charge is 0.444 e. The van der Waals surface area contributed by atoms with Crippen LogP contribution in [0, 0.1) is 0 Å². The summed E-state index contributed by atoms with van der Waals surface area (Å²) in [4.78, 5) is 14.3. The Morgan fingerprint density at radius 3 is 2.78 bits per heavy atom. The third-order valence-electron chi connectivity index (χ3n) is 3.26. The lowest BCUT2D eigenvalue weighted by Crippen LogP contribution is -2.44. The van der Waals surface area contributed by atoms with Crippen molar-refractivity contribution >= 4 is 21.8 Å². The second kappa shape index (κ2) is 6.38. The average molecular weight is 315 g/mol. The zero-order valence-electron chi connectivity index (χ0n) is 10.6. The molecule has 100 valence electrons. The number of piperidine rings is 1. The molecule has 0 saturated carbocycles. The van der Waals surface area contributed by atoms with E-state index in [9.17, 15) is 4.79 Å². The molecule has 1 fully saturated rings. The molecule has 1 N–H and O–H groups in total. The molecule has 0 aromatic carbocycles. The molecule has 0 spiro atoms. The van der Waals surface area contributed by atoms with Crippen molar-refractivity contribution in [3.8, 4) is 0 Å². The zero-order chi connectivity index (χ0) is 13.0. The summed E-state index contributed by atoms with van der Waals surface area (Å²) < 4.78 is 5.83. The number of carbonyl (C=O) groups is 1. The summed E-state index contributed by atoms with van der Waals surface area (Å²) in [7, 11) is 0. The quantitative estimate of drug-likeness (QED) is 0.929. The molecule has 1 aromatic heterocycles. The Morgan fingerprint density at radius 1 is 1.50 bits per heavy atom. The van der Waals surface area contributed by atoms with Crippen molar-refractivity contribution in [1.29, 1.82) is 0 Å². The Labute approximate surface area is 116 Å². The van der Waals surface area contributed by atoms with E-state index in [0.29, 0.717) is 10.4 Å².